The molecule has 0 aliphatic rings. The number of thiazole rings is 1. The number of hydrogen-bond acceptors (Lipinski definition) is 5. The highest BCUT2D eigenvalue weighted by atomic mass is 32.2. The Hall–Kier alpha value is -0.570. The van der Waals surface area contributed by atoms with Crippen molar-refractivity contribution in [3.8, 4) is 6.07 Å². The molecule has 0 saturated heterocycles. The molecule has 0 aliphatic carbocycles. The molecular formula is C11H16N2OS2. The first-order chi connectivity index (χ1) is 7.81. The lowest BCUT2D eigenvalue weighted by atomic mass is 10.3. The van der Waals surface area contributed by atoms with Crippen molar-refractivity contribution in [2.45, 2.75) is 32.1 Å². The summed E-state index contributed by atoms with van der Waals surface area (Å²) >= 11 is 3.53. The van der Waals surface area contributed by atoms with Crippen molar-refractivity contribution in [1.29, 1.82) is 5.26 Å². The first-order valence-electron chi connectivity index (χ1n) is 5.22. The van der Waals surface area contributed by atoms with Gasteiger partial charge in [0.1, 0.15) is 5.01 Å². The van der Waals surface area contributed by atoms with E-state index in [0.29, 0.717) is 13.0 Å². The average molecular weight is 256 g/mol. The average Bonchev–Trinajstić information content (AvgIpc) is 2.63. The second kappa shape index (κ2) is 7.66. The zero-order valence-electron chi connectivity index (χ0n) is 9.65. The van der Waals surface area contributed by atoms with Gasteiger partial charge in [0.05, 0.1) is 24.8 Å². The summed E-state index contributed by atoms with van der Waals surface area (Å²) in [5, 5.41) is 9.83. The predicted octanol–water partition coefficient (Wildman–Crippen LogP) is 3.00. The van der Waals surface area contributed by atoms with Crippen molar-refractivity contribution in [3.63, 3.8) is 0 Å². The van der Waals surface area contributed by atoms with Crippen LogP contribution in [0.25, 0.3) is 0 Å². The third-order valence-corrected chi connectivity index (χ3v) is 4.37. The van der Waals surface area contributed by atoms with Gasteiger partial charge >= 0.3 is 0 Å². The molecule has 0 fully saturated rings. The van der Waals surface area contributed by atoms with Crippen LogP contribution in [-0.4, -0.2) is 17.8 Å². The molecule has 5 heteroatoms. The minimum absolute atomic E-state index is 0.439. The standard InChI is InChI=1S/C11H16N2OS2/c1-3-6-15-8-11-13-9(7-14-2)10(16-11)4-5-12/h3-4,6-8H2,1-2H3. The van der Waals surface area contributed by atoms with Gasteiger partial charge in [-0.05, 0) is 12.2 Å². The van der Waals surface area contributed by atoms with Crippen molar-refractivity contribution in [1.82, 2.24) is 4.98 Å². The van der Waals surface area contributed by atoms with Gasteiger partial charge in [0.15, 0.2) is 0 Å². The number of methoxy groups -OCH3 is 1. The van der Waals surface area contributed by atoms with Crippen LogP contribution in [-0.2, 0) is 23.5 Å². The highest BCUT2D eigenvalue weighted by molar-refractivity contribution is 7.98. The molecule has 1 aromatic heterocycles. The van der Waals surface area contributed by atoms with Gasteiger partial charge in [-0.3, -0.25) is 0 Å². The first-order valence-corrected chi connectivity index (χ1v) is 7.20. The van der Waals surface area contributed by atoms with Crippen LogP contribution in [0.5, 0.6) is 0 Å². The smallest absolute Gasteiger partial charge is 0.103 e. The van der Waals surface area contributed by atoms with E-state index >= 15 is 0 Å². The lowest BCUT2D eigenvalue weighted by Crippen LogP contribution is -1.92. The van der Waals surface area contributed by atoms with Crippen molar-refractivity contribution in [3.05, 3.63) is 15.6 Å². The van der Waals surface area contributed by atoms with Crippen LogP contribution < -0.4 is 0 Å². The Morgan fingerprint density at radius 1 is 1.56 bits per heavy atom. The Labute approximate surface area is 105 Å². The molecule has 0 spiro atoms. The highest BCUT2D eigenvalue weighted by Crippen LogP contribution is 2.23. The summed E-state index contributed by atoms with van der Waals surface area (Å²) in [6, 6.07) is 2.17. The molecule has 0 N–H and O–H groups in total. The number of hydrogen-bond donors (Lipinski definition) is 0. The predicted molar refractivity (Wildman–Crippen MR) is 68.6 cm³/mol. The summed E-state index contributed by atoms with van der Waals surface area (Å²) in [7, 11) is 1.65. The van der Waals surface area contributed by atoms with Gasteiger partial charge in [0.2, 0.25) is 0 Å². The number of thioether (sulfide) groups is 1. The molecule has 0 aliphatic heterocycles. The van der Waals surface area contributed by atoms with Gasteiger partial charge in [-0.15, -0.1) is 11.3 Å². The molecular weight excluding hydrogens is 240 g/mol. The molecule has 0 saturated carbocycles. The zero-order valence-corrected chi connectivity index (χ0v) is 11.3. The molecule has 1 rings (SSSR count). The maximum absolute atomic E-state index is 8.72. The molecule has 0 amide bonds. The maximum Gasteiger partial charge on any atom is 0.103 e. The first kappa shape index (κ1) is 13.5. The molecule has 0 unspecified atom stereocenters. The van der Waals surface area contributed by atoms with Crippen LogP contribution in [0, 0.1) is 11.3 Å². The Morgan fingerprint density at radius 3 is 3.00 bits per heavy atom. The van der Waals surface area contributed by atoms with Gasteiger partial charge in [-0.25, -0.2) is 4.98 Å². The van der Waals surface area contributed by atoms with E-state index in [4.69, 9.17) is 10.00 Å². The Morgan fingerprint density at radius 2 is 2.38 bits per heavy atom. The fourth-order valence-electron chi connectivity index (χ4n) is 1.26. The van der Waals surface area contributed by atoms with Crippen molar-refractivity contribution < 1.29 is 4.74 Å². The van der Waals surface area contributed by atoms with E-state index in [9.17, 15) is 0 Å². The summed E-state index contributed by atoms with van der Waals surface area (Å²) in [5.41, 5.74) is 0.932. The molecule has 3 nitrogen and oxygen atoms in total. The SMILES string of the molecule is CCCSCc1nc(COC)c(CC#N)s1. The van der Waals surface area contributed by atoms with E-state index in [1.54, 1.807) is 18.4 Å². The molecule has 1 heterocycles. The summed E-state index contributed by atoms with van der Waals surface area (Å²) in [4.78, 5) is 5.56. The van der Waals surface area contributed by atoms with Crippen LogP contribution in [0.4, 0.5) is 0 Å². The van der Waals surface area contributed by atoms with Crippen molar-refractivity contribution in [2.75, 3.05) is 12.9 Å². The quantitative estimate of drug-likeness (QED) is 0.704. The van der Waals surface area contributed by atoms with Crippen LogP contribution >= 0.6 is 23.1 Å². The molecule has 0 radical (unpaired) electrons. The Bertz CT molecular complexity index is 357. The number of rotatable bonds is 7. The molecule has 0 aromatic carbocycles. The van der Waals surface area contributed by atoms with Gasteiger partial charge in [-0.2, -0.15) is 17.0 Å². The Balaban J connectivity index is 2.64. The van der Waals surface area contributed by atoms with Crippen molar-refractivity contribution in [2.24, 2.45) is 0 Å². The maximum atomic E-state index is 8.72. The number of aromatic nitrogens is 1. The van der Waals surface area contributed by atoms with Gasteiger partial charge in [0, 0.05) is 17.7 Å². The van der Waals surface area contributed by atoms with Crippen LogP contribution in [0.2, 0.25) is 0 Å². The van der Waals surface area contributed by atoms with Gasteiger partial charge < -0.3 is 4.74 Å². The minimum Gasteiger partial charge on any atom is -0.378 e. The lowest BCUT2D eigenvalue weighted by molar-refractivity contribution is 0.181. The zero-order chi connectivity index (χ0) is 11.8. The van der Waals surface area contributed by atoms with Crippen molar-refractivity contribution >= 4 is 23.1 Å². The number of nitrogens with zero attached hydrogens (tertiary/aromatic N) is 2. The fourth-order valence-corrected chi connectivity index (χ4v) is 3.22. The third kappa shape index (κ3) is 4.12. The van der Waals surface area contributed by atoms with Crippen LogP contribution in [0.3, 0.4) is 0 Å². The third-order valence-electron chi connectivity index (χ3n) is 1.92. The second-order valence-electron chi connectivity index (χ2n) is 3.30. The van der Waals surface area contributed by atoms with E-state index in [1.807, 2.05) is 11.8 Å². The molecule has 0 atom stereocenters. The number of ether oxygens (including phenoxy) is 1. The van der Waals surface area contributed by atoms with E-state index in [2.05, 4.69) is 18.0 Å². The summed E-state index contributed by atoms with van der Waals surface area (Å²) in [6.07, 6.45) is 1.63. The van der Waals surface area contributed by atoms with E-state index in [0.717, 1.165) is 27.1 Å². The molecule has 1 aromatic rings. The summed E-state index contributed by atoms with van der Waals surface area (Å²) in [6.45, 7) is 2.68. The summed E-state index contributed by atoms with van der Waals surface area (Å²) < 4.78 is 5.08. The fraction of sp³-hybridized carbons (Fsp3) is 0.636. The molecule has 16 heavy (non-hydrogen) atoms. The summed E-state index contributed by atoms with van der Waals surface area (Å²) in [5.74, 6) is 2.10. The Kier molecular flexibility index (Phi) is 6.46. The van der Waals surface area contributed by atoms with Gasteiger partial charge in [0.25, 0.3) is 0 Å². The minimum atomic E-state index is 0.439. The van der Waals surface area contributed by atoms with Crippen LogP contribution in [0.15, 0.2) is 0 Å². The van der Waals surface area contributed by atoms with Gasteiger partial charge in [-0.1, -0.05) is 6.92 Å². The van der Waals surface area contributed by atoms with Crippen LogP contribution in [0.1, 0.15) is 28.9 Å². The monoisotopic (exact) mass is 256 g/mol. The molecule has 0 bridgehead atoms. The van der Waals surface area contributed by atoms with E-state index < -0.39 is 0 Å². The largest absolute Gasteiger partial charge is 0.378 e. The molecule has 88 valence electrons. The number of nitriles is 1. The topological polar surface area (TPSA) is 45.9 Å². The lowest BCUT2D eigenvalue weighted by Gasteiger charge is -1.95. The van der Waals surface area contributed by atoms with E-state index in [1.165, 1.54) is 6.42 Å². The second-order valence-corrected chi connectivity index (χ2v) is 5.57. The highest BCUT2D eigenvalue weighted by Gasteiger charge is 2.10. The van der Waals surface area contributed by atoms with E-state index in [-0.39, 0.29) is 0 Å². The normalized spacial score (nSPS) is 10.3.